The molecule has 4 rings (SSSR count). The molecule has 1 amide bonds. The zero-order chi connectivity index (χ0) is 16.5. The number of nitrogens with one attached hydrogen (secondary N) is 2. The smallest absolute Gasteiger partial charge is 0.267 e. The van der Waals surface area contributed by atoms with Crippen molar-refractivity contribution in [1.29, 1.82) is 0 Å². The van der Waals surface area contributed by atoms with Crippen molar-refractivity contribution >= 4 is 34.7 Å². The van der Waals surface area contributed by atoms with Crippen molar-refractivity contribution in [3.63, 3.8) is 0 Å². The summed E-state index contributed by atoms with van der Waals surface area (Å²) in [5.41, 5.74) is 3.25. The van der Waals surface area contributed by atoms with E-state index in [4.69, 9.17) is 0 Å². The van der Waals surface area contributed by atoms with Crippen LogP contribution in [0.5, 0.6) is 0 Å². The van der Waals surface area contributed by atoms with Crippen LogP contribution in [-0.4, -0.2) is 31.4 Å². The Labute approximate surface area is 141 Å². The summed E-state index contributed by atoms with van der Waals surface area (Å²) in [6.45, 7) is -0.129. The van der Waals surface area contributed by atoms with E-state index in [1.54, 1.807) is 17.8 Å². The molecule has 2 N–H and O–H groups in total. The second kappa shape index (κ2) is 6.12. The van der Waals surface area contributed by atoms with Crippen LogP contribution in [0, 0.1) is 0 Å². The molecule has 3 aromatic rings. The van der Waals surface area contributed by atoms with Crippen LogP contribution >= 0.6 is 11.8 Å². The largest absolute Gasteiger partial charge is 0.324 e. The molecular weight excluding hydrogens is 326 g/mol. The summed E-state index contributed by atoms with van der Waals surface area (Å²) >= 11 is 1.79. The number of aromatic amines is 1. The van der Waals surface area contributed by atoms with Crippen LogP contribution in [0.25, 0.3) is 11.0 Å². The number of carbonyl (C=O) groups excluding carboxylic acids is 1. The first kappa shape index (κ1) is 14.9. The van der Waals surface area contributed by atoms with Crippen molar-refractivity contribution in [3.05, 3.63) is 51.9 Å². The van der Waals surface area contributed by atoms with E-state index in [0.29, 0.717) is 5.95 Å². The second-order valence-corrected chi connectivity index (χ2v) is 6.67. The van der Waals surface area contributed by atoms with Gasteiger partial charge in [-0.05, 0) is 23.4 Å². The normalized spacial score (nSPS) is 13.7. The maximum absolute atomic E-state index is 12.2. The number of fused-ring (bicyclic) bond motifs is 2. The number of imidazole rings is 1. The average molecular weight is 341 g/mol. The minimum Gasteiger partial charge on any atom is -0.324 e. The Morgan fingerprint density at radius 1 is 1.38 bits per heavy atom. The SMILES string of the molecule is O=C(Cn1nc2c(cc1=O)CSCC2)Nc1nc2ccccc2[nH]1. The van der Waals surface area contributed by atoms with Crippen LogP contribution in [0.2, 0.25) is 0 Å². The molecule has 0 spiro atoms. The minimum atomic E-state index is -0.339. The maximum atomic E-state index is 12.2. The molecule has 2 aromatic heterocycles. The van der Waals surface area contributed by atoms with Crippen molar-refractivity contribution in [2.45, 2.75) is 18.7 Å². The molecule has 3 heterocycles. The molecule has 0 saturated carbocycles. The summed E-state index contributed by atoms with van der Waals surface area (Å²) in [6.07, 6.45) is 0.825. The standard InChI is InChI=1S/C16H15N5O2S/c22-14(19-16-17-12-3-1-2-4-13(12)18-16)8-21-15(23)7-10-9-24-6-5-11(10)20-21/h1-4,7H,5-6,8-9H2,(H2,17,18,19,22). The van der Waals surface area contributed by atoms with Gasteiger partial charge in [0.15, 0.2) is 0 Å². The number of carbonyl (C=O) groups is 1. The zero-order valence-electron chi connectivity index (χ0n) is 12.8. The predicted octanol–water partition coefficient (Wildman–Crippen LogP) is 1.55. The first-order valence-electron chi connectivity index (χ1n) is 7.61. The van der Waals surface area contributed by atoms with Gasteiger partial charge in [-0.15, -0.1) is 0 Å². The summed E-state index contributed by atoms with van der Waals surface area (Å²) in [5, 5.41) is 7.01. The molecule has 0 aliphatic carbocycles. The Morgan fingerprint density at radius 3 is 3.12 bits per heavy atom. The van der Waals surface area contributed by atoms with E-state index in [1.165, 1.54) is 4.68 Å². The fraction of sp³-hybridized carbons (Fsp3) is 0.250. The van der Waals surface area contributed by atoms with Gasteiger partial charge in [0.1, 0.15) is 6.54 Å². The molecule has 8 heteroatoms. The van der Waals surface area contributed by atoms with Gasteiger partial charge in [0.05, 0.1) is 16.7 Å². The summed E-state index contributed by atoms with van der Waals surface area (Å²) in [4.78, 5) is 31.6. The third-order valence-electron chi connectivity index (χ3n) is 3.85. The topological polar surface area (TPSA) is 92.7 Å². The molecule has 0 saturated heterocycles. The number of aryl methyl sites for hydroxylation is 1. The van der Waals surface area contributed by atoms with Crippen LogP contribution in [0.15, 0.2) is 35.1 Å². The van der Waals surface area contributed by atoms with Gasteiger partial charge in [-0.25, -0.2) is 9.67 Å². The van der Waals surface area contributed by atoms with Gasteiger partial charge in [-0.1, -0.05) is 12.1 Å². The molecule has 0 atom stereocenters. The number of hydrogen-bond acceptors (Lipinski definition) is 5. The number of amides is 1. The fourth-order valence-corrected chi connectivity index (χ4v) is 3.64. The highest BCUT2D eigenvalue weighted by Crippen LogP contribution is 2.21. The first-order chi connectivity index (χ1) is 11.7. The van der Waals surface area contributed by atoms with E-state index in [1.807, 2.05) is 24.3 Å². The van der Waals surface area contributed by atoms with Crippen molar-refractivity contribution in [3.8, 4) is 0 Å². The van der Waals surface area contributed by atoms with Gasteiger partial charge in [0, 0.05) is 18.2 Å². The second-order valence-electron chi connectivity index (χ2n) is 5.57. The van der Waals surface area contributed by atoms with Crippen LogP contribution in [0.4, 0.5) is 5.95 Å². The number of hydrogen-bond donors (Lipinski definition) is 2. The van der Waals surface area contributed by atoms with E-state index in [9.17, 15) is 9.59 Å². The summed E-state index contributed by atoms with van der Waals surface area (Å²) < 4.78 is 1.22. The van der Waals surface area contributed by atoms with Crippen LogP contribution in [0.3, 0.4) is 0 Å². The Bertz CT molecular complexity index is 945. The third kappa shape index (κ3) is 2.92. The lowest BCUT2D eigenvalue weighted by molar-refractivity contribution is -0.117. The lowest BCUT2D eigenvalue weighted by Gasteiger charge is -2.15. The Morgan fingerprint density at radius 2 is 2.25 bits per heavy atom. The first-order valence-corrected chi connectivity index (χ1v) is 8.77. The lowest BCUT2D eigenvalue weighted by atomic mass is 10.2. The van der Waals surface area contributed by atoms with Gasteiger partial charge in [0.2, 0.25) is 11.9 Å². The maximum Gasteiger partial charge on any atom is 0.267 e. The van der Waals surface area contributed by atoms with Gasteiger partial charge in [-0.2, -0.15) is 16.9 Å². The Hall–Kier alpha value is -2.61. The van der Waals surface area contributed by atoms with Gasteiger partial charge in [-0.3, -0.25) is 14.9 Å². The van der Waals surface area contributed by atoms with Crippen molar-refractivity contribution < 1.29 is 4.79 Å². The fourth-order valence-electron chi connectivity index (χ4n) is 2.69. The molecular formula is C16H15N5O2S. The Kier molecular flexibility index (Phi) is 3.81. The van der Waals surface area contributed by atoms with E-state index < -0.39 is 0 Å². The number of nitrogens with zero attached hydrogens (tertiary/aromatic N) is 3. The van der Waals surface area contributed by atoms with Crippen molar-refractivity contribution in [1.82, 2.24) is 19.7 Å². The van der Waals surface area contributed by atoms with Gasteiger partial charge in [0.25, 0.3) is 5.56 Å². The summed E-state index contributed by atoms with van der Waals surface area (Å²) in [5.74, 6) is 1.82. The number of rotatable bonds is 3. The number of thioether (sulfide) groups is 1. The molecule has 0 unspecified atom stereocenters. The number of H-pyrrole nitrogens is 1. The number of anilines is 1. The molecule has 0 fully saturated rings. The molecule has 0 radical (unpaired) electrons. The number of benzene rings is 1. The lowest BCUT2D eigenvalue weighted by Crippen LogP contribution is -2.31. The summed E-state index contributed by atoms with van der Waals surface area (Å²) in [7, 11) is 0. The van der Waals surface area contributed by atoms with Gasteiger partial charge >= 0.3 is 0 Å². The van der Waals surface area contributed by atoms with Crippen LogP contribution in [-0.2, 0) is 23.5 Å². The molecule has 0 bridgehead atoms. The van der Waals surface area contributed by atoms with E-state index >= 15 is 0 Å². The molecule has 122 valence electrons. The Balaban J connectivity index is 1.52. The third-order valence-corrected chi connectivity index (χ3v) is 4.85. The zero-order valence-corrected chi connectivity index (χ0v) is 13.6. The van der Waals surface area contributed by atoms with Crippen LogP contribution < -0.4 is 10.9 Å². The van der Waals surface area contributed by atoms with E-state index in [-0.39, 0.29) is 18.0 Å². The highest BCUT2D eigenvalue weighted by atomic mass is 32.2. The van der Waals surface area contributed by atoms with Crippen LogP contribution in [0.1, 0.15) is 11.3 Å². The molecule has 1 aromatic carbocycles. The predicted molar refractivity (Wildman–Crippen MR) is 93.1 cm³/mol. The minimum absolute atomic E-state index is 0.129. The van der Waals surface area contributed by atoms with E-state index in [0.717, 1.165) is 40.2 Å². The van der Waals surface area contributed by atoms with Gasteiger partial charge < -0.3 is 4.98 Å². The quantitative estimate of drug-likeness (QED) is 0.754. The highest BCUT2D eigenvalue weighted by molar-refractivity contribution is 7.98. The molecule has 24 heavy (non-hydrogen) atoms. The molecule has 1 aliphatic rings. The summed E-state index contributed by atoms with van der Waals surface area (Å²) in [6, 6.07) is 9.09. The number of para-hydroxylation sites is 2. The van der Waals surface area contributed by atoms with E-state index in [2.05, 4.69) is 20.4 Å². The molecule has 1 aliphatic heterocycles. The monoisotopic (exact) mass is 341 g/mol. The molecule has 7 nitrogen and oxygen atoms in total. The van der Waals surface area contributed by atoms with Crippen molar-refractivity contribution in [2.24, 2.45) is 0 Å². The number of aromatic nitrogens is 4. The van der Waals surface area contributed by atoms with Crippen molar-refractivity contribution in [2.75, 3.05) is 11.1 Å². The highest BCUT2D eigenvalue weighted by Gasteiger charge is 2.15. The average Bonchev–Trinajstić information content (AvgIpc) is 2.97.